The van der Waals surface area contributed by atoms with Gasteiger partial charge >= 0.3 is 5.97 Å². The Morgan fingerprint density at radius 1 is 1.10 bits per heavy atom. The van der Waals surface area contributed by atoms with Crippen LogP contribution in [0.15, 0.2) is 24.3 Å². The molecule has 3 amide bonds. The fourth-order valence-corrected chi connectivity index (χ4v) is 3.95. The molecule has 11 nitrogen and oxygen atoms in total. The van der Waals surface area contributed by atoms with Crippen LogP contribution in [0.25, 0.3) is 0 Å². The first-order valence-electron chi connectivity index (χ1n) is 9.19. The number of imide groups is 1. The highest BCUT2D eigenvalue weighted by molar-refractivity contribution is 6.22. The number of carbonyl (C=O) groups is 4. The predicted octanol–water partition coefficient (Wildman–Crippen LogP) is 0.762. The zero-order valence-corrected chi connectivity index (χ0v) is 15.9. The van der Waals surface area contributed by atoms with Gasteiger partial charge in [0.05, 0.1) is 5.56 Å². The predicted molar refractivity (Wildman–Crippen MR) is 105 cm³/mol. The molecule has 11 heteroatoms. The molecule has 0 aromatic heterocycles. The smallest absolute Gasteiger partial charge is 0.338 e. The number of carbonyl (C=O) groups excluding carboxylic acids is 3. The van der Waals surface area contributed by atoms with Crippen LogP contribution >= 0.6 is 0 Å². The molecule has 2 aromatic rings. The fraction of sp³-hybridized carbons (Fsp3) is 0.200. The largest absolute Gasteiger partial charge is 0.504 e. The number of piperidine rings is 1. The standard InChI is InChI=1S/C20H17N3O8/c21-11-3-1-2-8-10(11)7-22(18(8)28)12-4-5-14(25)23(19(12)29)15-9(20(30)31)6-13(24)16(26)17(15)27/h1-3,6,12,24,26-27H,4-5,7,21H2,(H,30,31). The second-order valence-electron chi connectivity index (χ2n) is 7.22. The molecule has 1 unspecified atom stereocenters. The quantitative estimate of drug-likeness (QED) is 0.268. The summed E-state index contributed by atoms with van der Waals surface area (Å²) < 4.78 is 0. The van der Waals surface area contributed by atoms with Gasteiger partial charge in [0, 0.05) is 35.8 Å². The summed E-state index contributed by atoms with van der Waals surface area (Å²) in [6, 6.07) is 4.27. The number of carboxylic acids is 1. The SMILES string of the molecule is Nc1cccc2c1CN(C1CCC(=O)N(c3c(C(=O)O)cc(O)c(O)c3O)C1=O)C2=O. The van der Waals surface area contributed by atoms with Crippen LogP contribution in [0.5, 0.6) is 17.2 Å². The van der Waals surface area contributed by atoms with Crippen LogP contribution in [0.4, 0.5) is 11.4 Å². The number of hydrogen-bond donors (Lipinski definition) is 5. The highest BCUT2D eigenvalue weighted by atomic mass is 16.4. The maximum atomic E-state index is 13.3. The highest BCUT2D eigenvalue weighted by Crippen LogP contribution is 2.46. The molecule has 4 rings (SSSR count). The zero-order valence-electron chi connectivity index (χ0n) is 15.9. The Bertz CT molecular complexity index is 1180. The molecule has 0 saturated carbocycles. The van der Waals surface area contributed by atoms with Gasteiger partial charge in [-0.05, 0) is 18.6 Å². The second-order valence-corrected chi connectivity index (χ2v) is 7.22. The lowest BCUT2D eigenvalue weighted by Gasteiger charge is -2.36. The van der Waals surface area contributed by atoms with Crippen molar-refractivity contribution in [1.82, 2.24) is 4.90 Å². The van der Waals surface area contributed by atoms with Crippen LogP contribution in [-0.4, -0.2) is 55.1 Å². The number of hydrogen-bond acceptors (Lipinski definition) is 8. The van der Waals surface area contributed by atoms with Gasteiger partial charge in [0.25, 0.3) is 11.8 Å². The first-order valence-corrected chi connectivity index (χ1v) is 9.19. The number of anilines is 2. The summed E-state index contributed by atoms with van der Waals surface area (Å²) in [5, 5.41) is 39.2. The van der Waals surface area contributed by atoms with Crippen molar-refractivity contribution in [2.45, 2.75) is 25.4 Å². The molecule has 2 heterocycles. The van der Waals surface area contributed by atoms with Gasteiger partial charge in [-0.15, -0.1) is 0 Å². The number of amides is 3. The topological polar surface area (TPSA) is 182 Å². The first kappa shape index (κ1) is 20.0. The summed E-state index contributed by atoms with van der Waals surface area (Å²) in [5.74, 6) is -7.05. The molecule has 1 saturated heterocycles. The number of aromatic hydroxyl groups is 3. The normalized spacial score (nSPS) is 18.5. The van der Waals surface area contributed by atoms with Gasteiger partial charge in [-0.2, -0.15) is 0 Å². The van der Waals surface area contributed by atoms with Crippen LogP contribution in [0, 0.1) is 0 Å². The van der Waals surface area contributed by atoms with Gasteiger partial charge in [-0.1, -0.05) is 6.07 Å². The molecular weight excluding hydrogens is 410 g/mol. The van der Waals surface area contributed by atoms with E-state index in [0.29, 0.717) is 27.8 Å². The maximum absolute atomic E-state index is 13.3. The molecule has 31 heavy (non-hydrogen) atoms. The number of fused-ring (bicyclic) bond motifs is 1. The van der Waals surface area contributed by atoms with Crippen LogP contribution < -0.4 is 10.6 Å². The molecule has 0 aliphatic carbocycles. The minimum atomic E-state index is -1.65. The molecule has 1 fully saturated rings. The van der Waals surface area contributed by atoms with Crippen molar-refractivity contribution >= 4 is 35.1 Å². The van der Waals surface area contributed by atoms with Gasteiger partial charge in [0.1, 0.15) is 11.7 Å². The summed E-state index contributed by atoms with van der Waals surface area (Å²) in [5.41, 5.74) is 5.63. The summed E-state index contributed by atoms with van der Waals surface area (Å²) in [7, 11) is 0. The number of nitrogens with zero attached hydrogens (tertiary/aromatic N) is 2. The van der Waals surface area contributed by atoms with Crippen molar-refractivity contribution in [3.63, 3.8) is 0 Å². The lowest BCUT2D eigenvalue weighted by Crippen LogP contribution is -2.55. The average molecular weight is 427 g/mol. The van der Waals surface area contributed by atoms with Crippen molar-refractivity contribution in [2.75, 3.05) is 10.6 Å². The van der Waals surface area contributed by atoms with Crippen LogP contribution in [-0.2, 0) is 16.1 Å². The number of nitrogens with two attached hydrogens (primary N) is 1. The minimum absolute atomic E-state index is 0.0129. The number of aromatic carboxylic acids is 1. The lowest BCUT2D eigenvalue weighted by molar-refractivity contribution is -0.132. The zero-order chi connectivity index (χ0) is 22.6. The molecule has 6 N–H and O–H groups in total. The van der Waals surface area contributed by atoms with E-state index in [1.165, 1.54) is 4.90 Å². The number of rotatable bonds is 3. The molecule has 2 aliphatic rings. The Balaban J connectivity index is 1.78. The van der Waals surface area contributed by atoms with E-state index in [1.807, 2.05) is 0 Å². The Morgan fingerprint density at radius 3 is 2.45 bits per heavy atom. The van der Waals surface area contributed by atoms with Crippen molar-refractivity contribution in [2.24, 2.45) is 0 Å². The van der Waals surface area contributed by atoms with E-state index in [0.717, 1.165) is 0 Å². The molecule has 2 aromatic carbocycles. The Morgan fingerprint density at radius 2 is 1.81 bits per heavy atom. The molecule has 0 spiro atoms. The molecule has 0 radical (unpaired) electrons. The van der Waals surface area contributed by atoms with E-state index in [1.54, 1.807) is 18.2 Å². The van der Waals surface area contributed by atoms with Crippen molar-refractivity contribution < 1.29 is 39.6 Å². The van der Waals surface area contributed by atoms with Gasteiger partial charge in [0.15, 0.2) is 11.5 Å². The third kappa shape index (κ3) is 2.89. The summed E-state index contributed by atoms with van der Waals surface area (Å²) in [4.78, 5) is 52.0. The van der Waals surface area contributed by atoms with Gasteiger partial charge in [0.2, 0.25) is 11.7 Å². The highest BCUT2D eigenvalue weighted by Gasteiger charge is 2.45. The van der Waals surface area contributed by atoms with Gasteiger partial charge in [-0.25, -0.2) is 9.69 Å². The lowest BCUT2D eigenvalue weighted by atomic mass is 9.99. The van der Waals surface area contributed by atoms with E-state index in [9.17, 15) is 39.6 Å². The van der Waals surface area contributed by atoms with Crippen molar-refractivity contribution in [1.29, 1.82) is 0 Å². The van der Waals surface area contributed by atoms with E-state index in [2.05, 4.69) is 0 Å². The van der Waals surface area contributed by atoms with Crippen LogP contribution in [0.2, 0.25) is 0 Å². The van der Waals surface area contributed by atoms with E-state index >= 15 is 0 Å². The number of benzene rings is 2. The van der Waals surface area contributed by atoms with E-state index in [-0.39, 0.29) is 19.4 Å². The van der Waals surface area contributed by atoms with Crippen LogP contribution in [0.1, 0.15) is 39.1 Å². The molecule has 160 valence electrons. The molecule has 2 aliphatic heterocycles. The number of phenols is 3. The summed E-state index contributed by atoms with van der Waals surface area (Å²) in [6.07, 6.45) is -0.243. The molecular formula is C20H17N3O8. The number of carboxylic acid groups (broad SMARTS) is 1. The molecule has 0 bridgehead atoms. The van der Waals surface area contributed by atoms with Crippen molar-refractivity contribution in [3.8, 4) is 17.2 Å². The van der Waals surface area contributed by atoms with E-state index in [4.69, 9.17) is 5.73 Å². The van der Waals surface area contributed by atoms with Crippen LogP contribution in [0.3, 0.4) is 0 Å². The second kappa shape index (κ2) is 6.90. The summed E-state index contributed by atoms with van der Waals surface area (Å²) in [6.45, 7) is 0.0257. The maximum Gasteiger partial charge on any atom is 0.338 e. The van der Waals surface area contributed by atoms with E-state index < -0.39 is 58.2 Å². The first-order chi connectivity index (χ1) is 14.6. The number of nitrogen functional groups attached to an aromatic ring is 1. The van der Waals surface area contributed by atoms with Crippen molar-refractivity contribution in [3.05, 3.63) is 41.0 Å². The Kier molecular flexibility index (Phi) is 4.46. The third-order valence-corrected chi connectivity index (χ3v) is 5.48. The minimum Gasteiger partial charge on any atom is -0.504 e. The Hall–Kier alpha value is -4.28. The average Bonchev–Trinajstić information content (AvgIpc) is 3.05. The Labute approximate surface area is 174 Å². The third-order valence-electron chi connectivity index (χ3n) is 5.48. The number of phenolic OH excluding ortho intramolecular Hbond substituents is 3. The van der Waals surface area contributed by atoms with Gasteiger partial charge in [-0.3, -0.25) is 14.4 Å². The fourth-order valence-electron chi connectivity index (χ4n) is 3.95. The monoisotopic (exact) mass is 427 g/mol. The summed E-state index contributed by atoms with van der Waals surface area (Å²) >= 11 is 0. The van der Waals surface area contributed by atoms with Gasteiger partial charge < -0.3 is 31.1 Å². The molecule has 1 atom stereocenters.